The molecule has 120 valence electrons. The fourth-order valence-electron chi connectivity index (χ4n) is 2.41. The molecule has 3 atom stereocenters. The fraction of sp³-hybridized carbons (Fsp3) is 0.667. The van der Waals surface area contributed by atoms with Crippen LogP contribution in [-0.2, 0) is 10.8 Å². The van der Waals surface area contributed by atoms with Crippen LogP contribution in [0.4, 0.5) is 0 Å². The quantitative estimate of drug-likeness (QED) is 0.782. The minimum atomic E-state index is -0.805. The lowest BCUT2D eigenvalue weighted by Gasteiger charge is -2.24. The lowest BCUT2D eigenvalue weighted by Crippen LogP contribution is -2.31. The van der Waals surface area contributed by atoms with Crippen LogP contribution < -0.4 is 5.32 Å². The molecule has 0 aromatic heterocycles. The summed E-state index contributed by atoms with van der Waals surface area (Å²) in [4.78, 5) is 0. The van der Waals surface area contributed by atoms with Gasteiger partial charge in [0.05, 0.1) is 0 Å². The van der Waals surface area contributed by atoms with E-state index in [-0.39, 0.29) is 11.3 Å². The third-order valence-corrected chi connectivity index (χ3v) is 6.16. The monoisotopic (exact) mass is 309 g/mol. The van der Waals surface area contributed by atoms with Crippen LogP contribution in [0.5, 0.6) is 0 Å². The van der Waals surface area contributed by atoms with Crippen LogP contribution in [0, 0.1) is 19.8 Å². The van der Waals surface area contributed by atoms with Gasteiger partial charge in [-0.1, -0.05) is 51.5 Å². The highest BCUT2D eigenvalue weighted by atomic mass is 32.2. The smallest absolute Gasteiger partial charge is 0.0439 e. The minimum absolute atomic E-state index is 0.188. The second-order valence-electron chi connectivity index (χ2n) is 6.36. The van der Waals surface area contributed by atoms with Crippen LogP contribution in [0.1, 0.15) is 56.8 Å². The van der Waals surface area contributed by atoms with E-state index in [9.17, 15) is 4.21 Å². The maximum atomic E-state index is 12.6. The first-order valence-electron chi connectivity index (χ1n) is 8.04. The Bertz CT molecular complexity index is 470. The van der Waals surface area contributed by atoms with Crippen molar-refractivity contribution in [2.45, 2.75) is 59.3 Å². The van der Waals surface area contributed by atoms with E-state index in [0.29, 0.717) is 11.7 Å². The molecule has 0 heterocycles. The average molecular weight is 310 g/mol. The Kier molecular flexibility index (Phi) is 7.61. The third kappa shape index (κ3) is 5.55. The zero-order chi connectivity index (χ0) is 16.0. The fourth-order valence-corrected chi connectivity index (χ4v) is 3.95. The van der Waals surface area contributed by atoms with Crippen LogP contribution in [0.2, 0.25) is 0 Å². The highest BCUT2D eigenvalue weighted by molar-refractivity contribution is 7.85. The summed E-state index contributed by atoms with van der Waals surface area (Å²) < 4.78 is 12.6. The van der Waals surface area contributed by atoms with Gasteiger partial charge in [0.25, 0.3) is 0 Å². The van der Waals surface area contributed by atoms with Crippen molar-refractivity contribution in [3.63, 3.8) is 0 Å². The molecule has 1 aromatic rings. The summed E-state index contributed by atoms with van der Waals surface area (Å²) in [5.41, 5.74) is 3.86. The molecule has 0 aliphatic rings. The molecule has 1 N–H and O–H groups in total. The molecule has 0 spiro atoms. The Labute approximate surface area is 133 Å². The minimum Gasteiger partial charge on any atom is -0.309 e. The summed E-state index contributed by atoms with van der Waals surface area (Å²) in [6, 6.07) is 6.74. The third-order valence-electron chi connectivity index (χ3n) is 4.13. The standard InChI is InChI=1S/C18H31NOS/c1-7-10-19-18(12-21(20)16(6)13(2)3)17-9-8-14(4)11-15(17)5/h8-9,11,13,16,18-19H,7,10,12H2,1-6H3. The predicted octanol–water partition coefficient (Wildman–Crippen LogP) is 4.14. The van der Waals surface area contributed by atoms with E-state index >= 15 is 0 Å². The summed E-state index contributed by atoms with van der Waals surface area (Å²) >= 11 is 0. The van der Waals surface area contributed by atoms with E-state index in [2.05, 4.69) is 65.1 Å². The van der Waals surface area contributed by atoms with E-state index in [1.165, 1.54) is 16.7 Å². The van der Waals surface area contributed by atoms with Gasteiger partial charge in [-0.15, -0.1) is 0 Å². The van der Waals surface area contributed by atoms with E-state index in [1.807, 2.05) is 0 Å². The summed E-state index contributed by atoms with van der Waals surface area (Å²) in [5, 5.41) is 3.82. The van der Waals surface area contributed by atoms with E-state index in [4.69, 9.17) is 0 Å². The summed E-state index contributed by atoms with van der Waals surface area (Å²) in [7, 11) is -0.805. The second kappa shape index (κ2) is 8.70. The summed E-state index contributed by atoms with van der Waals surface area (Å²) in [6.07, 6.45) is 1.09. The van der Waals surface area contributed by atoms with Crippen LogP contribution in [0.3, 0.4) is 0 Å². The van der Waals surface area contributed by atoms with E-state index < -0.39 is 10.8 Å². The molecule has 0 fully saturated rings. The van der Waals surface area contributed by atoms with Gasteiger partial charge in [-0.3, -0.25) is 4.21 Å². The van der Waals surface area contributed by atoms with Gasteiger partial charge >= 0.3 is 0 Å². The number of aryl methyl sites for hydroxylation is 2. The number of hydrogen-bond acceptors (Lipinski definition) is 2. The Morgan fingerprint density at radius 1 is 1.19 bits per heavy atom. The van der Waals surface area contributed by atoms with Crippen molar-refractivity contribution in [3.05, 3.63) is 34.9 Å². The number of nitrogens with one attached hydrogen (secondary N) is 1. The van der Waals surface area contributed by atoms with Gasteiger partial charge in [-0.05, 0) is 43.9 Å². The highest BCUT2D eigenvalue weighted by Gasteiger charge is 2.21. The number of rotatable bonds is 8. The highest BCUT2D eigenvalue weighted by Crippen LogP contribution is 2.22. The van der Waals surface area contributed by atoms with Gasteiger partial charge < -0.3 is 5.32 Å². The molecule has 2 nitrogen and oxygen atoms in total. The molecule has 3 unspecified atom stereocenters. The van der Waals surface area contributed by atoms with Crippen molar-refractivity contribution in [3.8, 4) is 0 Å². The number of benzene rings is 1. The predicted molar refractivity (Wildman–Crippen MR) is 94.3 cm³/mol. The van der Waals surface area contributed by atoms with Crippen molar-refractivity contribution in [2.24, 2.45) is 5.92 Å². The molecule has 1 aromatic carbocycles. The topological polar surface area (TPSA) is 29.1 Å². The van der Waals surface area contributed by atoms with Gasteiger partial charge in [-0.25, -0.2) is 0 Å². The van der Waals surface area contributed by atoms with Crippen molar-refractivity contribution < 1.29 is 4.21 Å². The number of hydrogen-bond donors (Lipinski definition) is 1. The molecule has 0 aliphatic heterocycles. The zero-order valence-electron chi connectivity index (χ0n) is 14.4. The van der Waals surface area contributed by atoms with Gasteiger partial charge in [0.1, 0.15) is 0 Å². The first-order valence-corrected chi connectivity index (χ1v) is 9.42. The largest absolute Gasteiger partial charge is 0.309 e. The first kappa shape index (κ1) is 18.4. The Morgan fingerprint density at radius 3 is 2.38 bits per heavy atom. The zero-order valence-corrected chi connectivity index (χ0v) is 15.2. The summed E-state index contributed by atoms with van der Waals surface area (Å²) in [6.45, 7) is 13.8. The maximum Gasteiger partial charge on any atom is 0.0439 e. The average Bonchev–Trinajstić information content (AvgIpc) is 2.42. The van der Waals surface area contributed by atoms with Crippen molar-refractivity contribution in [2.75, 3.05) is 12.3 Å². The summed E-state index contributed by atoms with van der Waals surface area (Å²) in [5.74, 6) is 1.15. The SMILES string of the molecule is CCCNC(CS(=O)C(C)C(C)C)c1ccc(C)cc1C. The van der Waals surface area contributed by atoms with Crippen molar-refractivity contribution in [1.29, 1.82) is 0 Å². The van der Waals surface area contributed by atoms with Gasteiger partial charge in [-0.2, -0.15) is 0 Å². The lowest BCUT2D eigenvalue weighted by atomic mass is 10.00. The Balaban J connectivity index is 2.92. The molecule has 21 heavy (non-hydrogen) atoms. The van der Waals surface area contributed by atoms with Crippen LogP contribution >= 0.6 is 0 Å². The van der Waals surface area contributed by atoms with Crippen molar-refractivity contribution >= 4 is 10.8 Å². The molecule has 0 amide bonds. The lowest BCUT2D eigenvalue weighted by molar-refractivity contribution is 0.556. The molecule has 0 aliphatic carbocycles. The van der Waals surface area contributed by atoms with Gasteiger partial charge in [0, 0.05) is 27.8 Å². The van der Waals surface area contributed by atoms with Gasteiger partial charge in [0.15, 0.2) is 0 Å². The Hall–Kier alpha value is -0.670. The molecule has 1 rings (SSSR count). The maximum absolute atomic E-state index is 12.6. The molecule has 3 heteroatoms. The van der Waals surface area contributed by atoms with Crippen LogP contribution in [-0.4, -0.2) is 21.8 Å². The normalized spacial score (nSPS) is 16.0. The van der Waals surface area contributed by atoms with Gasteiger partial charge in [0.2, 0.25) is 0 Å². The van der Waals surface area contributed by atoms with E-state index in [1.54, 1.807) is 0 Å². The van der Waals surface area contributed by atoms with Crippen molar-refractivity contribution in [1.82, 2.24) is 5.32 Å². The van der Waals surface area contributed by atoms with E-state index in [0.717, 1.165) is 13.0 Å². The molecular formula is C18H31NOS. The second-order valence-corrected chi connectivity index (χ2v) is 8.20. The Morgan fingerprint density at radius 2 is 1.86 bits per heavy atom. The molecule has 0 radical (unpaired) electrons. The molecule has 0 saturated heterocycles. The first-order chi connectivity index (χ1) is 9.86. The van der Waals surface area contributed by atoms with Crippen LogP contribution in [0.15, 0.2) is 18.2 Å². The molecule has 0 bridgehead atoms. The van der Waals surface area contributed by atoms with Crippen LogP contribution in [0.25, 0.3) is 0 Å². The molecular weight excluding hydrogens is 278 g/mol. The molecule has 0 saturated carbocycles.